The average molecular weight is 188 g/mol. The second-order valence-corrected chi connectivity index (χ2v) is 3.73. The number of aromatic nitrogens is 1. The first-order chi connectivity index (χ1) is 6.74. The van der Waals surface area contributed by atoms with E-state index in [-0.39, 0.29) is 6.04 Å². The van der Waals surface area contributed by atoms with Crippen molar-refractivity contribution in [1.29, 1.82) is 0 Å². The van der Waals surface area contributed by atoms with Gasteiger partial charge in [-0.05, 0) is 18.1 Å². The number of hydrogen-bond acceptors (Lipinski definition) is 1. The summed E-state index contributed by atoms with van der Waals surface area (Å²) in [5.41, 5.74) is 8.57. The molecule has 1 unspecified atom stereocenters. The van der Waals surface area contributed by atoms with Crippen LogP contribution < -0.4 is 5.73 Å². The normalized spacial score (nSPS) is 13.4. The van der Waals surface area contributed by atoms with E-state index >= 15 is 0 Å². The molecule has 74 valence electrons. The third kappa shape index (κ3) is 1.32. The highest BCUT2D eigenvalue weighted by molar-refractivity contribution is 5.84. The summed E-state index contributed by atoms with van der Waals surface area (Å²) < 4.78 is 2.14. The van der Waals surface area contributed by atoms with Crippen LogP contribution in [0.2, 0.25) is 0 Å². The first-order valence-electron chi connectivity index (χ1n) is 5.03. The zero-order valence-corrected chi connectivity index (χ0v) is 8.70. The average Bonchev–Trinajstić information content (AvgIpc) is 2.56. The summed E-state index contributed by atoms with van der Waals surface area (Å²) in [7, 11) is 2.06. The van der Waals surface area contributed by atoms with Gasteiger partial charge in [-0.25, -0.2) is 0 Å². The molecule has 0 fully saturated rings. The highest BCUT2D eigenvalue weighted by Crippen LogP contribution is 2.25. The second kappa shape index (κ2) is 3.46. The van der Waals surface area contributed by atoms with Crippen molar-refractivity contribution in [2.75, 3.05) is 0 Å². The van der Waals surface area contributed by atoms with Crippen LogP contribution in [0.25, 0.3) is 10.9 Å². The van der Waals surface area contributed by atoms with E-state index in [0.29, 0.717) is 0 Å². The van der Waals surface area contributed by atoms with Crippen LogP contribution in [0.5, 0.6) is 0 Å². The van der Waals surface area contributed by atoms with Crippen LogP contribution in [0, 0.1) is 0 Å². The Morgan fingerprint density at radius 3 is 2.79 bits per heavy atom. The van der Waals surface area contributed by atoms with Crippen LogP contribution in [0.15, 0.2) is 30.5 Å². The summed E-state index contributed by atoms with van der Waals surface area (Å²) in [5.74, 6) is 0. The lowest BCUT2D eigenvalue weighted by atomic mass is 10.1. The Morgan fingerprint density at radius 1 is 1.36 bits per heavy atom. The largest absolute Gasteiger partial charge is 0.350 e. The number of nitrogens with two attached hydrogens (primary N) is 1. The van der Waals surface area contributed by atoms with Gasteiger partial charge in [0.25, 0.3) is 0 Å². The molecule has 0 aliphatic carbocycles. The first-order valence-corrected chi connectivity index (χ1v) is 5.03. The Hall–Kier alpha value is -1.28. The zero-order valence-electron chi connectivity index (χ0n) is 8.70. The molecule has 1 aromatic carbocycles. The minimum atomic E-state index is 0.154. The van der Waals surface area contributed by atoms with Crippen molar-refractivity contribution in [3.8, 4) is 0 Å². The lowest BCUT2D eigenvalue weighted by Crippen LogP contribution is -2.07. The minimum absolute atomic E-state index is 0.154. The fraction of sp³-hybridized carbons (Fsp3) is 0.333. The molecule has 0 amide bonds. The molecule has 1 heterocycles. The monoisotopic (exact) mass is 188 g/mol. The molecule has 0 saturated heterocycles. The van der Waals surface area contributed by atoms with Gasteiger partial charge in [0.05, 0.1) is 0 Å². The maximum atomic E-state index is 6.06. The van der Waals surface area contributed by atoms with Gasteiger partial charge in [-0.2, -0.15) is 0 Å². The Labute approximate surface area is 84.3 Å². The summed E-state index contributed by atoms with van der Waals surface area (Å²) in [5, 5.41) is 1.28. The molecule has 1 atom stereocenters. The molecule has 0 aliphatic heterocycles. The molecular formula is C12H16N2. The predicted octanol–water partition coefficient (Wildman–Crippen LogP) is 2.59. The maximum Gasteiger partial charge on any atom is 0.0481 e. The van der Waals surface area contributed by atoms with Crippen molar-refractivity contribution in [1.82, 2.24) is 4.57 Å². The van der Waals surface area contributed by atoms with Crippen LogP contribution in [0.1, 0.15) is 24.9 Å². The maximum absolute atomic E-state index is 6.06. The van der Waals surface area contributed by atoms with Crippen molar-refractivity contribution in [2.24, 2.45) is 12.8 Å². The molecule has 14 heavy (non-hydrogen) atoms. The second-order valence-electron chi connectivity index (χ2n) is 3.73. The number of benzene rings is 1. The predicted molar refractivity (Wildman–Crippen MR) is 60.1 cm³/mol. The Balaban J connectivity index is 2.66. The van der Waals surface area contributed by atoms with Gasteiger partial charge in [0.2, 0.25) is 0 Å². The van der Waals surface area contributed by atoms with Crippen molar-refractivity contribution in [2.45, 2.75) is 19.4 Å². The van der Waals surface area contributed by atoms with Gasteiger partial charge in [0, 0.05) is 30.2 Å². The molecule has 0 aliphatic rings. The molecule has 0 bridgehead atoms. The standard InChI is InChI=1S/C12H16N2/c1-3-11(13)10-8-14(2)12-7-5-4-6-9(10)12/h4-8,11H,3,13H2,1-2H3. The molecule has 0 spiro atoms. The van der Waals surface area contributed by atoms with E-state index in [2.05, 4.69) is 49.0 Å². The molecular weight excluding hydrogens is 172 g/mol. The smallest absolute Gasteiger partial charge is 0.0481 e. The quantitative estimate of drug-likeness (QED) is 0.771. The highest BCUT2D eigenvalue weighted by atomic mass is 14.9. The third-order valence-corrected chi connectivity index (χ3v) is 2.77. The van der Waals surface area contributed by atoms with E-state index in [1.54, 1.807) is 0 Å². The van der Waals surface area contributed by atoms with E-state index in [9.17, 15) is 0 Å². The van der Waals surface area contributed by atoms with E-state index in [4.69, 9.17) is 5.73 Å². The Morgan fingerprint density at radius 2 is 2.07 bits per heavy atom. The highest BCUT2D eigenvalue weighted by Gasteiger charge is 2.10. The van der Waals surface area contributed by atoms with Gasteiger partial charge in [0.1, 0.15) is 0 Å². The van der Waals surface area contributed by atoms with Gasteiger partial charge < -0.3 is 10.3 Å². The molecule has 2 heteroatoms. The zero-order chi connectivity index (χ0) is 10.1. The Kier molecular flexibility index (Phi) is 2.30. The molecule has 2 rings (SSSR count). The van der Waals surface area contributed by atoms with E-state index < -0.39 is 0 Å². The fourth-order valence-electron chi connectivity index (χ4n) is 1.89. The van der Waals surface area contributed by atoms with Gasteiger partial charge >= 0.3 is 0 Å². The van der Waals surface area contributed by atoms with Gasteiger partial charge in [-0.1, -0.05) is 25.1 Å². The number of rotatable bonds is 2. The molecule has 2 nitrogen and oxygen atoms in total. The number of aryl methyl sites for hydroxylation is 1. The lowest BCUT2D eigenvalue weighted by Gasteiger charge is -2.06. The van der Waals surface area contributed by atoms with E-state index in [1.807, 2.05) is 0 Å². The van der Waals surface area contributed by atoms with Crippen molar-refractivity contribution in [3.05, 3.63) is 36.0 Å². The third-order valence-electron chi connectivity index (χ3n) is 2.77. The van der Waals surface area contributed by atoms with Crippen LogP contribution >= 0.6 is 0 Å². The van der Waals surface area contributed by atoms with E-state index in [0.717, 1.165) is 6.42 Å². The van der Waals surface area contributed by atoms with Crippen molar-refractivity contribution < 1.29 is 0 Å². The molecule has 0 saturated carbocycles. The van der Waals surface area contributed by atoms with Crippen LogP contribution in [-0.2, 0) is 7.05 Å². The molecule has 1 aromatic heterocycles. The lowest BCUT2D eigenvalue weighted by molar-refractivity contribution is 0.700. The van der Waals surface area contributed by atoms with Crippen molar-refractivity contribution >= 4 is 10.9 Å². The molecule has 2 aromatic rings. The number of nitrogens with zero attached hydrogens (tertiary/aromatic N) is 1. The van der Waals surface area contributed by atoms with Gasteiger partial charge in [-0.3, -0.25) is 0 Å². The number of para-hydroxylation sites is 1. The van der Waals surface area contributed by atoms with Crippen LogP contribution in [0.4, 0.5) is 0 Å². The summed E-state index contributed by atoms with van der Waals surface area (Å²) >= 11 is 0. The number of hydrogen-bond donors (Lipinski definition) is 1. The summed E-state index contributed by atoms with van der Waals surface area (Å²) in [6.45, 7) is 2.12. The number of fused-ring (bicyclic) bond motifs is 1. The fourth-order valence-corrected chi connectivity index (χ4v) is 1.89. The van der Waals surface area contributed by atoms with Crippen LogP contribution in [-0.4, -0.2) is 4.57 Å². The Bertz CT molecular complexity index is 443. The SMILES string of the molecule is CCC(N)c1cn(C)c2ccccc12. The van der Waals surface area contributed by atoms with E-state index in [1.165, 1.54) is 16.5 Å². The van der Waals surface area contributed by atoms with Crippen LogP contribution in [0.3, 0.4) is 0 Å². The summed E-state index contributed by atoms with van der Waals surface area (Å²) in [6.07, 6.45) is 3.12. The van der Waals surface area contributed by atoms with Crippen molar-refractivity contribution in [3.63, 3.8) is 0 Å². The summed E-state index contributed by atoms with van der Waals surface area (Å²) in [6, 6.07) is 8.54. The molecule has 2 N–H and O–H groups in total. The first kappa shape index (κ1) is 9.28. The van der Waals surface area contributed by atoms with Gasteiger partial charge in [-0.15, -0.1) is 0 Å². The van der Waals surface area contributed by atoms with Gasteiger partial charge in [0.15, 0.2) is 0 Å². The minimum Gasteiger partial charge on any atom is -0.350 e. The molecule has 0 radical (unpaired) electrons. The summed E-state index contributed by atoms with van der Waals surface area (Å²) in [4.78, 5) is 0. The topological polar surface area (TPSA) is 30.9 Å².